The lowest BCUT2D eigenvalue weighted by Gasteiger charge is -1.95. The first kappa shape index (κ1) is 7.95. The molecule has 12 heavy (non-hydrogen) atoms. The van der Waals surface area contributed by atoms with Gasteiger partial charge in [-0.05, 0) is 12.8 Å². The van der Waals surface area contributed by atoms with Gasteiger partial charge < -0.3 is 5.73 Å². The van der Waals surface area contributed by atoms with Crippen LogP contribution in [0.1, 0.15) is 17.7 Å². The normalized spacial score (nSPS) is 22.8. The van der Waals surface area contributed by atoms with Crippen molar-refractivity contribution < 1.29 is 0 Å². The Morgan fingerprint density at radius 2 is 2.58 bits per heavy atom. The van der Waals surface area contributed by atoms with Crippen LogP contribution in [0.4, 0.5) is 0 Å². The maximum Gasteiger partial charge on any atom is 0.0794 e. The summed E-state index contributed by atoms with van der Waals surface area (Å²) >= 11 is 1.72. The second kappa shape index (κ2) is 3.37. The molecule has 0 radical (unpaired) electrons. The average molecular weight is 180 g/mol. The van der Waals surface area contributed by atoms with Crippen LogP contribution in [0, 0.1) is 0 Å². The Labute approximate surface area is 76.1 Å². The summed E-state index contributed by atoms with van der Waals surface area (Å²) < 4.78 is 0. The van der Waals surface area contributed by atoms with E-state index >= 15 is 0 Å². The van der Waals surface area contributed by atoms with Crippen molar-refractivity contribution in [2.75, 3.05) is 0 Å². The minimum atomic E-state index is 0.299. The Balaban J connectivity index is 2.00. The smallest absolute Gasteiger partial charge is 0.0794 e. The van der Waals surface area contributed by atoms with Crippen LogP contribution in [0.2, 0.25) is 0 Å². The van der Waals surface area contributed by atoms with E-state index < -0.39 is 0 Å². The summed E-state index contributed by atoms with van der Waals surface area (Å²) in [6, 6.07) is 0.299. The van der Waals surface area contributed by atoms with Gasteiger partial charge >= 0.3 is 0 Å². The fourth-order valence-corrected chi connectivity index (χ4v) is 2.17. The van der Waals surface area contributed by atoms with Crippen LogP contribution in [0.5, 0.6) is 0 Å². The molecule has 0 saturated heterocycles. The van der Waals surface area contributed by atoms with Crippen LogP contribution >= 0.6 is 11.3 Å². The molecule has 1 atom stereocenters. The second-order valence-corrected chi connectivity index (χ2v) is 4.14. The van der Waals surface area contributed by atoms with Crippen molar-refractivity contribution in [3.8, 4) is 0 Å². The Bertz CT molecular complexity index is 277. The van der Waals surface area contributed by atoms with E-state index in [1.54, 1.807) is 11.3 Å². The van der Waals surface area contributed by atoms with E-state index in [0.29, 0.717) is 6.04 Å². The van der Waals surface area contributed by atoms with Crippen LogP contribution in [0.15, 0.2) is 23.4 Å². The van der Waals surface area contributed by atoms with Crippen molar-refractivity contribution >= 4 is 11.3 Å². The minimum Gasteiger partial charge on any atom is -0.324 e. The number of allylic oxidation sites excluding steroid dienone is 1. The number of nitrogens with two attached hydrogens (primary N) is 1. The number of hydrogen-bond acceptors (Lipinski definition) is 3. The Kier molecular flexibility index (Phi) is 2.23. The average Bonchev–Trinajstić information content (AvgIpc) is 2.63. The number of thiazole rings is 1. The van der Waals surface area contributed by atoms with E-state index in [9.17, 15) is 0 Å². The van der Waals surface area contributed by atoms with Gasteiger partial charge in [-0.1, -0.05) is 11.6 Å². The Morgan fingerprint density at radius 1 is 1.67 bits per heavy atom. The van der Waals surface area contributed by atoms with Crippen molar-refractivity contribution in [1.82, 2.24) is 4.98 Å². The van der Waals surface area contributed by atoms with Crippen LogP contribution in [0.3, 0.4) is 0 Å². The van der Waals surface area contributed by atoms with Crippen molar-refractivity contribution in [3.05, 3.63) is 28.2 Å². The van der Waals surface area contributed by atoms with E-state index in [-0.39, 0.29) is 0 Å². The van der Waals surface area contributed by atoms with Gasteiger partial charge in [-0.15, -0.1) is 11.3 Å². The molecular weight excluding hydrogens is 168 g/mol. The predicted molar refractivity (Wildman–Crippen MR) is 51.1 cm³/mol. The van der Waals surface area contributed by atoms with Crippen LogP contribution in [0.25, 0.3) is 0 Å². The molecule has 0 bridgehead atoms. The zero-order valence-electron chi connectivity index (χ0n) is 6.86. The SMILES string of the molecule is NC1C=C(Cc2cncs2)CC1. The van der Waals surface area contributed by atoms with E-state index in [1.807, 2.05) is 11.7 Å². The van der Waals surface area contributed by atoms with Crippen molar-refractivity contribution in [3.63, 3.8) is 0 Å². The zero-order chi connectivity index (χ0) is 8.39. The number of aromatic nitrogens is 1. The van der Waals surface area contributed by atoms with E-state index in [2.05, 4.69) is 11.1 Å². The lowest BCUT2D eigenvalue weighted by atomic mass is 10.1. The first-order valence-electron chi connectivity index (χ1n) is 4.17. The molecule has 1 aromatic heterocycles. The topological polar surface area (TPSA) is 38.9 Å². The maximum absolute atomic E-state index is 5.77. The molecular formula is C9H12N2S. The third-order valence-corrected chi connectivity index (χ3v) is 2.91. The fourth-order valence-electron chi connectivity index (χ4n) is 1.52. The van der Waals surface area contributed by atoms with E-state index in [4.69, 9.17) is 5.73 Å². The predicted octanol–water partition coefficient (Wildman–Crippen LogP) is 1.73. The highest BCUT2D eigenvalue weighted by molar-refractivity contribution is 7.09. The molecule has 3 heteroatoms. The molecule has 1 heterocycles. The van der Waals surface area contributed by atoms with Crippen molar-refractivity contribution in [1.29, 1.82) is 0 Å². The van der Waals surface area contributed by atoms with Gasteiger partial charge in [-0.3, -0.25) is 4.98 Å². The molecule has 0 aliphatic heterocycles. The zero-order valence-corrected chi connectivity index (χ0v) is 7.68. The highest BCUT2D eigenvalue weighted by Crippen LogP contribution is 2.22. The summed E-state index contributed by atoms with van der Waals surface area (Å²) in [6.45, 7) is 0. The monoisotopic (exact) mass is 180 g/mol. The Morgan fingerprint density at radius 3 is 3.17 bits per heavy atom. The van der Waals surface area contributed by atoms with Gasteiger partial charge in [0.1, 0.15) is 0 Å². The molecule has 2 rings (SSSR count). The third kappa shape index (κ3) is 1.73. The van der Waals surface area contributed by atoms with E-state index in [0.717, 1.165) is 12.8 Å². The third-order valence-electron chi connectivity index (χ3n) is 2.13. The first-order valence-corrected chi connectivity index (χ1v) is 5.05. The lowest BCUT2D eigenvalue weighted by molar-refractivity contribution is 0.770. The summed E-state index contributed by atoms with van der Waals surface area (Å²) in [5.74, 6) is 0. The number of nitrogens with zero attached hydrogens (tertiary/aromatic N) is 1. The summed E-state index contributed by atoms with van der Waals surface area (Å²) in [6.07, 6.45) is 7.47. The van der Waals surface area contributed by atoms with Crippen LogP contribution in [-0.2, 0) is 6.42 Å². The standard InChI is InChI=1S/C9H12N2S/c10-8-2-1-7(3-8)4-9-5-11-6-12-9/h3,5-6,8H,1-2,4,10H2. The molecule has 0 aromatic carbocycles. The van der Waals surface area contributed by atoms with Gasteiger partial charge in [0.25, 0.3) is 0 Å². The van der Waals surface area contributed by atoms with Gasteiger partial charge in [-0.25, -0.2) is 0 Å². The number of rotatable bonds is 2. The molecule has 1 aromatic rings. The first-order chi connectivity index (χ1) is 5.84. The second-order valence-electron chi connectivity index (χ2n) is 3.17. The molecule has 0 fully saturated rings. The molecule has 1 aliphatic rings. The molecule has 0 amide bonds. The molecule has 2 N–H and O–H groups in total. The highest BCUT2D eigenvalue weighted by atomic mass is 32.1. The van der Waals surface area contributed by atoms with Crippen molar-refractivity contribution in [2.24, 2.45) is 5.73 Å². The highest BCUT2D eigenvalue weighted by Gasteiger charge is 2.12. The summed E-state index contributed by atoms with van der Waals surface area (Å²) in [7, 11) is 0. The molecule has 0 saturated carbocycles. The number of hydrogen-bond donors (Lipinski definition) is 1. The molecule has 1 unspecified atom stereocenters. The largest absolute Gasteiger partial charge is 0.324 e. The molecule has 64 valence electrons. The van der Waals surface area contributed by atoms with Gasteiger partial charge in [-0.2, -0.15) is 0 Å². The summed E-state index contributed by atoms with van der Waals surface area (Å²) in [5, 5.41) is 0. The summed E-state index contributed by atoms with van der Waals surface area (Å²) in [4.78, 5) is 5.39. The van der Waals surface area contributed by atoms with Crippen LogP contribution < -0.4 is 5.73 Å². The van der Waals surface area contributed by atoms with Crippen LogP contribution in [-0.4, -0.2) is 11.0 Å². The summed E-state index contributed by atoms with van der Waals surface area (Å²) in [5.41, 5.74) is 9.12. The van der Waals surface area contributed by atoms with Gasteiger partial charge in [0, 0.05) is 23.5 Å². The maximum atomic E-state index is 5.77. The Hall–Kier alpha value is -0.670. The lowest BCUT2D eigenvalue weighted by Crippen LogP contribution is -2.11. The minimum absolute atomic E-state index is 0.299. The fraction of sp³-hybridized carbons (Fsp3) is 0.444. The molecule has 2 nitrogen and oxygen atoms in total. The van der Waals surface area contributed by atoms with Gasteiger partial charge in [0.15, 0.2) is 0 Å². The van der Waals surface area contributed by atoms with Crippen molar-refractivity contribution in [2.45, 2.75) is 25.3 Å². The quantitative estimate of drug-likeness (QED) is 0.704. The van der Waals surface area contributed by atoms with E-state index in [1.165, 1.54) is 16.9 Å². The molecule has 0 spiro atoms. The van der Waals surface area contributed by atoms with Gasteiger partial charge in [0.2, 0.25) is 0 Å². The van der Waals surface area contributed by atoms with Gasteiger partial charge in [0.05, 0.1) is 5.51 Å². The molecule has 1 aliphatic carbocycles.